The molecular weight excluding hydrogens is 404 g/mol. The number of benzene rings is 3. The molecule has 5 nitrogen and oxygen atoms in total. The lowest BCUT2D eigenvalue weighted by Crippen LogP contribution is -2.30. The van der Waals surface area contributed by atoms with Crippen LogP contribution in [-0.2, 0) is 16.1 Å². The first-order valence-corrected chi connectivity index (χ1v) is 9.62. The van der Waals surface area contributed by atoms with Gasteiger partial charge in [-0.15, -0.1) is 0 Å². The van der Waals surface area contributed by atoms with Crippen LogP contribution < -0.4 is 10.1 Å². The summed E-state index contributed by atoms with van der Waals surface area (Å²) in [7, 11) is 0. The van der Waals surface area contributed by atoms with E-state index in [1.165, 1.54) is 12.1 Å². The topological polar surface area (TPSA) is 64.6 Å². The van der Waals surface area contributed by atoms with Gasteiger partial charge in [-0.25, -0.2) is 0 Å². The Hall–Kier alpha value is -3.74. The third-order valence-electron chi connectivity index (χ3n) is 4.49. The fraction of sp³-hybridized carbons (Fsp3) is 0.167. The summed E-state index contributed by atoms with van der Waals surface area (Å²) in [6.07, 6.45) is -0.125. The number of carbonyl (C=O) groups is 2. The van der Waals surface area contributed by atoms with Crippen molar-refractivity contribution in [3.63, 3.8) is 0 Å². The largest absolute Gasteiger partial charge is 0.461 e. The fourth-order valence-electron chi connectivity index (χ4n) is 2.99. The lowest BCUT2D eigenvalue weighted by molar-refractivity contribution is -0.145. The second-order valence-electron chi connectivity index (χ2n) is 6.65. The van der Waals surface area contributed by atoms with Crippen LogP contribution in [0.4, 0.5) is 8.78 Å². The third kappa shape index (κ3) is 6.64. The summed E-state index contributed by atoms with van der Waals surface area (Å²) in [5, 5.41) is 2.85. The van der Waals surface area contributed by atoms with Crippen LogP contribution in [0.1, 0.15) is 33.9 Å². The first kappa shape index (κ1) is 22.0. The van der Waals surface area contributed by atoms with Crippen molar-refractivity contribution in [1.29, 1.82) is 0 Å². The lowest BCUT2D eigenvalue weighted by Gasteiger charge is -2.19. The minimum atomic E-state index is -2.98. The van der Waals surface area contributed by atoms with Gasteiger partial charge in [0, 0.05) is 11.1 Å². The predicted octanol–water partition coefficient (Wildman–Crippen LogP) is 4.89. The third-order valence-corrected chi connectivity index (χ3v) is 4.49. The van der Waals surface area contributed by atoms with Gasteiger partial charge in [-0.05, 0) is 23.8 Å². The first-order chi connectivity index (χ1) is 15.0. The molecule has 3 aromatic rings. The lowest BCUT2D eigenvalue weighted by atomic mass is 10.0. The molecular formula is C24H21F2NO4. The smallest absolute Gasteiger partial charge is 0.387 e. The molecule has 1 atom stereocenters. The summed E-state index contributed by atoms with van der Waals surface area (Å²) in [5.74, 6) is -0.964. The highest BCUT2D eigenvalue weighted by Crippen LogP contribution is 2.23. The van der Waals surface area contributed by atoms with Gasteiger partial charge < -0.3 is 14.8 Å². The standard InChI is InChI=1S/C24H21F2NO4/c25-24(26)31-21-14-8-7-13-19(21)16-30-22(28)15-20(17-9-3-1-4-10-17)27-23(29)18-11-5-2-6-12-18/h1-14,20,24H,15-16H2,(H,27,29). The van der Waals surface area contributed by atoms with Crippen molar-refractivity contribution in [2.45, 2.75) is 25.7 Å². The fourth-order valence-corrected chi connectivity index (χ4v) is 2.99. The number of amides is 1. The average molecular weight is 425 g/mol. The first-order valence-electron chi connectivity index (χ1n) is 9.62. The summed E-state index contributed by atoms with van der Waals surface area (Å²) in [6.45, 7) is -3.21. The molecule has 0 heterocycles. The quantitative estimate of drug-likeness (QED) is 0.496. The Morgan fingerprint density at radius 1 is 0.839 bits per heavy atom. The molecule has 0 saturated heterocycles. The molecule has 3 rings (SSSR count). The van der Waals surface area contributed by atoms with Crippen molar-refractivity contribution in [3.05, 3.63) is 102 Å². The van der Waals surface area contributed by atoms with E-state index in [1.54, 1.807) is 66.7 Å². The second-order valence-corrected chi connectivity index (χ2v) is 6.65. The number of nitrogens with one attached hydrogen (secondary N) is 1. The van der Waals surface area contributed by atoms with Crippen LogP contribution >= 0.6 is 0 Å². The molecule has 0 aromatic heterocycles. The summed E-state index contributed by atoms with van der Waals surface area (Å²) in [6, 6.07) is 23.2. The number of carbonyl (C=O) groups excluding carboxylic acids is 2. The van der Waals surface area contributed by atoms with Gasteiger partial charge in [0.25, 0.3) is 5.91 Å². The number of ether oxygens (including phenoxy) is 2. The van der Waals surface area contributed by atoms with Crippen LogP contribution in [-0.4, -0.2) is 18.5 Å². The van der Waals surface area contributed by atoms with Gasteiger partial charge >= 0.3 is 12.6 Å². The SMILES string of the molecule is O=C(CC(NC(=O)c1ccccc1)c1ccccc1)OCc1ccccc1OC(F)F. The summed E-state index contributed by atoms with van der Waals surface area (Å²) in [4.78, 5) is 25.1. The van der Waals surface area contributed by atoms with Crippen molar-refractivity contribution in [1.82, 2.24) is 5.32 Å². The molecule has 1 N–H and O–H groups in total. The van der Waals surface area contributed by atoms with Crippen molar-refractivity contribution < 1.29 is 27.8 Å². The van der Waals surface area contributed by atoms with Gasteiger partial charge in [-0.2, -0.15) is 8.78 Å². The average Bonchev–Trinajstić information content (AvgIpc) is 2.79. The Bertz CT molecular complexity index is 997. The molecule has 31 heavy (non-hydrogen) atoms. The van der Waals surface area contributed by atoms with Gasteiger partial charge in [0.15, 0.2) is 0 Å². The van der Waals surface area contributed by atoms with Crippen LogP contribution in [0.15, 0.2) is 84.9 Å². The zero-order valence-corrected chi connectivity index (χ0v) is 16.5. The molecule has 0 aliphatic heterocycles. The Labute approximate surface area is 178 Å². The van der Waals surface area contributed by atoms with Crippen molar-refractivity contribution in [2.24, 2.45) is 0 Å². The van der Waals surface area contributed by atoms with Crippen molar-refractivity contribution in [2.75, 3.05) is 0 Å². The Kier molecular flexibility index (Phi) is 7.70. The van der Waals surface area contributed by atoms with E-state index >= 15 is 0 Å². The van der Waals surface area contributed by atoms with Crippen molar-refractivity contribution >= 4 is 11.9 Å². The number of hydrogen-bond donors (Lipinski definition) is 1. The number of esters is 1. The molecule has 0 aliphatic rings. The van der Waals surface area contributed by atoms with Crippen LogP contribution in [0.5, 0.6) is 5.75 Å². The van der Waals surface area contributed by atoms with Gasteiger partial charge in [0.2, 0.25) is 0 Å². The van der Waals surface area contributed by atoms with E-state index in [4.69, 9.17) is 4.74 Å². The van der Waals surface area contributed by atoms with E-state index in [2.05, 4.69) is 10.1 Å². The highest BCUT2D eigenvalue weighted by Gasteiger charge is 2.20. The molecule has 7 heteroatoms. The van der Waals surface area contributed by atoms with Crippen molar-refractivity contribution in [3.8, 4) is 5.75 Å². The van der Waals surface area contributed by atoms with E-state index in [0.717, 1.165) is 5.56 Å². The minimum absolute atomic E-state index is 0.0534. The van der Waals surface area contributed by atoms with Crippen LogP contribution in [0.3, 0.4) is 0 Å². The van der Waals surface area contributed by atoms with Gasteiger partial charge in [-0.3, -0.25) is 9.59 Å². The molecule has 3 aromatic carbocycles. The maximum absolute atomic E-state index is 12.6. The number of hydrogen-bond acceptors (Lipinski definition) is 4. The normalized spacial score (nSPS) is 11.6. The maximum atomic E-state index is 12.6. The molecule has 0 radical (unpaired) electrons. The second kappa shape index (κ2) is 10.9. The molecule has 1 amide bonds. The molecule has 0 saturated carbocycles. The predicted molar refractivity (Wildman–Crippen MR) is 111 cm³/mol. The zero-order chi connectivity index (χ0) is 22.1. The number of para-hydroxylation sites is 1. The Morgan fingerprint density at radius 2 is 1.45 bits per heavy atom. The highest BCUT2D eigenvalue weighted by atomic mass is 19.3. The number of halogens is 2. The molecule has 160 valence electrons. The molecule has 0 bridgehead atoms. The minimum Gasteiger partial charge on any atom is -0.461 e. The van der Waals surface area contributed by atoms with Gasteiger partial charge in [0.1, 0.15) is 12.4 Å². The Morgan fingerprint density at radius 3 is 2.13 bits per heavy atom. The highest BCUT2D eigenvalue weighted by molar-refractivity contribution is 5.94. The maximum Gasteiger partial charge on any atom is 0.387 e. The molecule has 1 unspecified atom stereocenters. The molecule has 0 aliphatic carbocycles. The van der Waals surface area contributed by atoms with E-state index < -0.39 is 18.6 Å². The van der Waals surface area contributed by atoms with Gasteiger partial charge in [0.05, 0.1) is 12.5 Å². The summed E-state index contributed by atoms with van der Waals surface area (Å²) < 4.78 is 34.8. The van der Waals surface area contributed by atoms with E-state index in [1.807, 2.05) is 6.07 Å². The zero-order valence-electron chi connectivity index (χ0n) is 16.5. The van der Waals surface area contributed by atoms with Crippen LogP contribution in [0.2, 0.25) is 0 Å². The summed E-state index contributed by atoms with van der Waals surface area (Å²) in [5.41, 5.74) is 1.53. The van der Waals surface area contributed by atoms with Gasteiger partial charge in [-0.1, -0.05) is 66.7 Å². The van der Waals surface area contributed by atoms with E-state index in [9.17, 15) is 18.4 Å². The number of alkyl halides is 2. The Balaban J connectivity index is 1.67. The number of rotatable bonds is 9. The summed E-state index contributed by atoms with van der Waals surface area (Å²) >= 11 is 0. The van der Waals surface area contributed by atoms with Crippen LogP contribution in [0.25, 0.3) is 0 Å². The van der Waals surface area contributed by atoms with Crippen LogP contribution in [0, 0.1) is 0 Å². The monoisotopic (exact) mass is 425 g/mol. The van der Waals surface area contributed by atoms with E-state index in [0.29, 0.717) is 11.1 Å². The molecule has 0 spiro atoms. The van der Waals surface area contributed by atoms with E-state index in [-0.39, 0.29) is 24.7 Å². The molecule has 0 fully saturated rings.